The van der Waals surface area contributed by atoms with Crippen molar-refractivity contribution in [3.63, 3.8) is 0 Å². The number of likely N-dealkylation sites (tertiary alicyclic amines) is 1. The second kappa shape index (κ2) is 13.8. The van der Waals surface area contributed by atoms with E-state index >= 15 is 0 Å². The van der Waals surface area contributed by atoms with Gasteiger partial charge in [-0.1, -0.05) is 53.5 Å². The first kappa shape index (κ1) is 30.9. The minimum atomic E-state index is -0.120. The average molecular weight is 619 g/mol. The van der Waals surface area contributed by atoms with Crippen molar-refractivity contribution in [3.8, 4) is 17.2 Å². The summed E-state index contributed by atoms with van der Waals surface area (Å²) in [6.45, 7) is 7.80. The number of fused-ring (bicyclic) bond motifs is 1. The van der Waals surface area contributed by atoms with Crippen LogP contribution in [0.2, 0.25) is 10.0 Å². The van der Waals surface area contributed by atoms with Crippen LogP contribution in [0.15, 0.2) is 60.7 Å². The number of hydrogen-bond donors (Lipinski definition) is 1. The van der Waals surface area contributed by atoms with Crippen LogP contribution < -0.4 is 5.32 Å². The third-order valence-corrected chi connectivity index (χ3v) is 9.07. The minimum Gasteiger partial charge on any atom is -0.325 e. The molecule has 5 rings (SSSR count). The van der Waals surface area contributed by atoms with Crippen LogP contribution in [-0.2, 0) is 11.2 Å². The number of benzene rings is 3. The first-order valence-electron chi connectivity index (χ1n) is 15.0. The van der Waals surface area contributed by atoms with Gasteiger partial charge in [0.15, 0.2) is 0 Å². The Morgan fingerprint density at radius 3 is 2.33 bits per heavy atom. The highest BCUT2D eigenvalue weighted by atomic mass is 35.5. The van der Waals surface area contributed by atoms with Crippen LogP contribution in [0.25, 0.3) is 11.1 Å². The highest BCUT2D eigenvalue weighted by Crippen LogP contribution is 2.41. The molecule has 0 spiro atoms. The molecule has 2 aliphatic heterocycles. The number of piperidine rings is 1. The van der Waals surface area contributed by atoms with E-state index in [1.807, 2.05) is 47.9 Å². The molecule has 9 heteroatoms. The van der Waals surface area contributed by atoms with E-state index in [1.54, 1.807) is 18.2 Å². The Balaban J connectivity index is 1.40. The molecule has 3 aromatic carbocycles. The highest BCUT2D eigenvalue weighted by Gasteiger charge is 2.37. The van der Waals surface area contributed by atoms with Crippen molar-refractivity contribution in [1.82, 2.24) is 14.7 Å². The molecular weight excluding hydrogens is 581 g/mol. The third-order valence-electron chi connectivity index (χ3n) is 8.63. The van der Waals surface area contributed by atoms with E-state index < -0.39 is 0 Å². The lowest BCUT2D eigenvalue weighted by Crippen LogP contribution is -2.49. The van der Waals surface area contributed by atoms with Crippen molar-refractivity contribution in [2.45, 2.75) is 39.2 Å². The van der Waals surface area contributed by atoms with Crippen molar-refractivity contribution in [1.29, 1.82) is 5.26 Å². The lowest BCUT2D eigenvalue weighted by atomic mass is 9.79. The van der Waals surface area contributed by atoms with Gasteiger partial charge in [0, 0.05) is 54.5 Å². The monoisotopic (exact) mass is 617 g/mol. The molecule has 7 nitrogen and oxygen atoms in total. The van der Waals surface area contributed by atoms with Gasteiger partial charge in [0.1, 0.15) is 0 Å². The van der Waals surface area contributed by atoms with Crippen LogP contribution in [0, 0.1) is 17.2 Å². The Labute approximate surface area is 264 Å². The molecule has 3 amide bonds. The fourth-order valence-corrected chi connectivity index (χ4v) is 7.03. The molecule has 0 bridgehead atoms. The Bertz CT molecular complexity index is 1510. The Hall–Kier alpha value is -3.57. The van der Waals surface area contributed by atoms with Gasteiger partial charge in [-0.05, 0) is 91.6 Å². The lowest BCUT2D eigenvalue weighted by molar-refractivity contribution is -0.118. The van der Waals surface area contributed by atoms with E-state index in [9.17, 15) is 14.9 Å². The quantitative estimate of drug-likeness (QED) is 0.303. The number of halogens is 2. The van der Waals surface area contributed by atoms with Crippen molar-refractivity contribution in [2.24, 2.45) is 5.92 Å². The Morgan fingerprint density at radius 2 is 1.65 bits per heavy atom. The summed E-state index contributed by atoms with van der Waals surface area (Å²) in [6, 6.07) is 21.6. The molecule has 1 N–H and O–H groups in total. The molecule has 1 fully saturated rings. The first-order valence-corrected chi connectivity index (χ1v) is 15.7. The van der Waals surface area contributed by atoms with E-state index in [0.717, 1.165) is 36.9 Å². The SMILES string of the molecule is CCN(CC)C(=O)N1CCC(C2c3ccc(-c4cccc(C#N)c4)cc3CCN2CC(=O)Nc2cc(Cl)cc(Cl)c2)CC1. The number of urea groups is 1. The fraction of sp³-hybridized carbons (Fsp3) is 0.382. The summed E-state index contributed by atoms with van der Waals surface area (Å²) in [7, 11) is 0. The standard InChI is InChI=1S/C34H37Cl2N5O2/c1-3-39(4-2)34(43)40-13-10-24(11-14-40)33-31-9-8-26(25-7-5-6-23(16-25)21-37)17-27(31)12-15-41(33)22-32(42)38-30-19-28(35)18-29(36)20-30/h5-9,16-20,24,33H,3-4,10-15,22H2,1-2H3,(H,38,42). The zero-order chi connectivity index (χ0) is 30.5. The number of amides is 3. The number of hydrogen-bond acceptors (Lipinski definition) is 4. The molecule has 224 valence electrons. The third kappa shape index (κ3) is 7.15. The average Bonchev–Trinajstić information content (AvgIpc) is 3.01. The maximum atomic E-state index is 13.3. The van der Waals surface area contributed by atoms with Gasteiger partial charge in [0.05, 0.1) is 18.2 Å². The normalized spacial score (nSPS) is 17.2. The van der Waals surface area contributed by atoms with Crippen molar-refractivity contribution < 1.29 is 9.59 Å². The molecule has 3 aromatic rings. The van der Waals surface area contributed by atoms with E-state index in [-0.39, 0.29) is 24.5 Å². The summed E-state index contributed by atoms with van der Waals surface area (Å²) >= 11 is 12.3. The summed E-state index contributed by atoms with van der Waals surface area (Å²) in [6.07, 6.45) is 2.55. The second-order valence-electron chi connectivity index (χ2n) is 11.3. The predicted octanol–water partition coefficient (Wildman–Crippen LogP) is 7.24. The molecule has 0 saturated carbocycles. The molecule has 43 heavy (non-hydrogen) atoms. The fourth-order valence-electron chi connectivity index (χ4n) is 6.50. The number of anilines is 1. The summed E-state index contributed by atoms with van der Waals surface area (Å²) in [5.41, 5.74) is 5.81. The van der Waals surface area contributed by atoms with Gasteiger partial charge in [-0.3, -0.25) is 9.69 Å². The Kier molecular flexibility index (Phi) is 9.92. The molecule has 0 aromatic heterocycles. The minimum absolute atomic E-state index is 0.0441. The van der Waals surface area contributed by atoms with Gasteiger partial charge in [0.25, 0.3) is 0 Å². The number of nitrogens with one attached hydrogen (secondary N) is 1. The van der Waals surface area contributed by atoms with E-state index in [1.165, 1.54) is 11.1 Å². The zero-order valence-corrected chi connectivity index (χ0v) is 26.2. The van der Waals surface area contributed by atoms with Crippen LogP contribution >= 0.6 is 23.2 Å². The first-order chi connectivity index (χ1) is 20.8. The van der Waals surface area contributed by atoms with E-state index in [4.69, 9.17) is 23.2 Å². The van der Waals surface area contributed by atoms with E-state index in [0.29, 0.717) is 53.4 Å². The molecular formula is C34H37Cl2N5O2. The predicted molar refractivity (Wildman–Crippen MR) is 172 cm³/mol. The molecule has 1 unspecified atom stereocenters. The van der Waals surface area contributed by atoms with Crippen LogP contribution in [-0.4, -0.2) is 65.9 Å². The maximum Gasteiger partial charge on any atom is 0.319 e. The van der Waals surface area contributed by atoms with Gasteiger partial charge in [-0.25, -0.2) is 4.79 Å². The number of nitrogens with zero attached hydrogens (tertiary/aromatic N) is 4. The molecule has 0 radical (unpaired) electrons. The summed E-state index contributed by atoms with van der Waals surface area (Å²) in [5.74, 6) is 0.173. The van der Waals surface area contributed by atoms with Gasteiger partial charge in [0.2, 0.25) is 5.91 Å². The number of carbonyl (C=O) groups excluding carboxylic acids is 2. The smallest absolute Gasteiger partial charge is 0.319 e. The summed E-state index contributed by atoms with van der Waals surface area (Å²) in [5, 5.41) is 13.3. The number of nitriles is 1. The highest BCUT2D eigenvalue weighted by molar-refractivity contribution is 6.35. The van der Waals surface area contributed by atoms with Crippen molar-refractivity contribution in [3.05, 3.63) is 87.4 Å². The van der Waals surface area contributed by atoms with Crippen LogP contribution in [0.1, 0.15) is 49.4 Å². The number of carbonyl (C=O) groups is 2. The summed E-state index contributed by atoms with van der Waals surface area (Å²) in [4.78, 5) is 32.5. The van der Waals surface area contributed by atoms with Crippen molar-refractivity contribution >= 4 is 40.8 Å². The molecule has 1 saturated heterocycles. The van der Waals surface area contributed by atoms with Crippen LogP contribution in [0.5, 0.6) is 0 Å². The zero-order valence-electron chi connectivity index (χ0n) is 24.7. The number of rotatable bonds is 7. The van der Waals surface area contributed by atoms with Crippen LogP contribution in [0.3, 0.4) is 0 Å². The second-order valence-corrected chi connectivity index (χ2v) is 12.1. The lowest BCUT2D eigenvalue weighted by Gasteiger charge is -2.45. The molecule has 0 aliphatic carbocycles. The Morgan fingerprint density at radius 1 is 0.953 bits per heavy atom. The molecule has 1 atom stereocenters. The van der Waals surface area contributed by atoms with Crippen molar-refractivity contribution in [2.75, 3.05) is 44.6 Å². The van der Waals surface area contributed by atoms with Crippen LogP contribution in [0.4, 0.5) is 10.5 Å². The van der Waals surface area contributed by atoms with Gasteiger partial charge in [-0.2, -0.15) is 5.26 Å². The van der Waals surface area contributed by atoms with Gasteiger partial charge in [-0.15, -0.1) is 0 Å². The van der Waals surface area contributed by atoms with Gasteiger partial charge >= 0.3 is 6.03 Å². The molecule has 2 aliphatic rings. The maximum absolute atomic E-state index is 13.3. The van der Waals surface area contributed by atoms with Gasteiger partial charge < -0.3 is 15.1 Å². The largest absolute Gasteiger partial charge is 0.325 e. The summed E-state index contributed by atoms with van der Waals surface area (Å²) < 4.78 is 0. The topological polar surface area (TPSA) is 79.7 Å². The van der Waals surface area contributed by atoms with E-state index in [2.05, 4.69) is 34.5 Å². The molecule has 2 heterocycles.